The number of nitrogens with two attached hydrogens (primary N) is 1. The fourth-order valence-corrected chi connectivity index (χ4v) is 3.57. The van der Waals surface area contributed by atoms with Gasteiger partial charge in [0.1, 0.15) is 0 Å². The number of benzene rings is 1. The van der Waals surface area contributed by atoms with E-state index in [1.54, 1.807) is 0 Å². The van der Waals surface area contributed by atoms with Gasteiger partial charge in [-0.2, -0.15) is 0 Å². The molecule has 1 saturated heterocycles. The number of nitrogens with one attached hydrogen (secondary N) is 1. The van der Waals surface area contributed by atoms with Crippen LogP contribution in [0.1, 0.15) is 24.0 Å². The standard InChI is InChI=1S/C16H20N2O2/c1-20-15(19)13-14(17)12-5-3-2-4-11(12)10-16(13)6-8-18-9-7-16/h2-5,18H,6-10,17H2,1H3. The highest BCUT2D eigenvalue weighted by Gasteiger charge is 2.44. The number of hydrogen-bond donors (Lipinski definition) is 2. The van der Waals surface area contributed by atoms with E-state index in [-0.39, 0.29) is 11.4 Å². The molecule has 1 spiro atoms. The highest BCUT2D eigenvalue weighted by atomic mass is 16.5. The van der Waals surface area contributed by atoms with Crippen molar-refractivity contribution in [2.45, 2.75) is 19.3 Å². The maximum atomic E-state index is 12.3. The maximum Gasteiger partial charge on any atom is 0.336 e. The first-order valence-electron chi connectivity index (χ1n) is 7.05. The van der Waals surface area contributed by atoms with Crippen LogP contribution >= 0.6 is 0 Å². The first-order valence-corrected chi connectivity index (χ1v) is 7.05. The van der Waals surface area contributed by atoms with Crippen LogP contribution in [0.5, 0.6) is 0 Å². The summed E-state index contributed by atoms with van der Waals surface area (Å²) in [6.07, 6.45) is 2.72. The normalized spacial score (nSPS) is 20.6. The summed E-state index contributed by atoms with van der Waals surface area (Å²) >= 11 is 0. The van der Waals surface area contributed by atoms with Crippen LogP contribution in [0, 0.1) is 5.41 Å². The summed E-state index contributed by atoms with van der Waals surface area (Å²) < 4.78 is 5.01. The Morgan fingerprint density at radius 3 is 2.70 bits per heavy atom. The van der Waals surface area contributed by atoms with Crippen molar-refractivity contribution in [1.82, 2.24) is 5.32 Å². The lowest BCUT2D eigenvalue weighted by atomic mass is 9.64. The molecule has 1 heterocycles. The predicted molar refractivity (Wildman–Crippen MR) is 77.8 cm³/mol. The average molecular weight is 272 g/mol. The molecule has 3 rings (SSSR count). The maximum absolute atomic E-state index is 12.3. The zero-order valence-corrected chi connectivity index (χ0v) is 11.7. The second-order valence-electron chi connectivity index (χ2n) is 5.64. The van der Waals surface area contributed by atoms with Crippen molar-refractivity contribution in [3.63, 3.8) is 0 Å². The fraction of sp³-hybridized carbons (Fsp3) is 0.438. The molecule has 0 atom stereocenters. The van der Waals surface area contributed by atoms with Crippen LogP contribution in [0.2, 0.25) is 0 Å². The Labute approximate surface area is 119 Å². The molecule has 1 aliphatic heterocycles. The van der Waals surface area contributed by atoms with Gasteiger partial charge in [0.15, 0.2) is 0 Å². The summed E-state index contributed by atoms with van der Waals surface area (Å²) in [5.41, 5.74) is 9.66. The summed E-state index contributed by atoms with van der Waals surface area (Å²) in [7, 11) is 1.43. The van der Waals surface area contributed by atoms with Crippen LogP contribution in [0.4, 0.5) is 0 Å². The molecule has 0 unspecified atom stereocenters. The molecule has 1 aromatic rings. The van der Waals surface area contributed by atoms with Crippen LogP contribution < -0.4 is 11.1 Å². The highest BCUT2D eigenvalue weighted by Crippen LogP contribution is 2.47. The van der Waals surface area contributed by atoms with E-state index < -0.39 is 0 Å². The van der Waals surface area contributed by atoms with E-state index >= 15 is 0 Å². The molecule has 106 valence electrons. The molecule has 0 radical (unpaired) electrons. The Morgan fingerprint density at radius 2 is 2.00 bits per heavy atom. The molecule has 0 bridgehead atoms. The molecule has 0 aromatic heterocycles. The first-order chi connectivity index (χ1) is 9.68. The quantitative estimate of drug-likeness (QED) is 0.760. The Hall–Kier alpha value is -1.81. The van der Waals surface area contributed by atoms with Gasteiger partial charge in [0.25, 0.3) is 0 Å². The molecule has 0 saturated carbocycles. The molecule has 2 aliphatic rings. The summed E-state index contributed by atoms with van der Waals surface area (Å²) in [5, 5.41) is 3.36. The van der Waals surface area contributed by atoms with E-state index in [4.69, 9.17) is 10.5 Å². The number of carbonyl (C=O) groups excluding carboxylic acids is 1. The molecule has 4 heteroatoms. The molecule has 1 aromatic carbocycles. The van der Waals surface area contributed by atoms with Gasteiger partial charge in [-0.3, -0.25) is 0 Å². The van der Waals surface area contributed by atoms with Gasteiger partial charge >= 0.3 is 5.97 Å². The molecule has 0 amide bonds. The molecular weight excluding hydrogens is 252 g/mol. The van der Waals surface area contributed by atoms with E-state index in [2.05, 4.69) is 11.4 Å². The van der Waals surface area contributed by atoms with Gasteiger partial charge < -0.3 is 15.8 Å². The van der Waals surface area contributed by atoms with Crippen molar-refractivity contribution >= 4 is 11.7 Å². The van der Waals surface area contributed by atoms with E-state index in [0.29, 0.717) is 11.3 Å². The number of piperidine rings is 1. The van der Waals surface area contributed by atoms with Gasteiger partial charge in [-0.1, -0.05) is 24.3 Å². The number of rotatable bonds is 1. The second-order valence-corrected chi connectivity index (χ2v) is 5.64. The third-order valence-electron chi connectivity index (χ3n) is 4.59. The highest BCUT2D eigenvalue weighted by molar-refractivity contribution is 5.99. The van der Waals surface area contributed by atoms with Gasteiger partial charge in [0.05, 0.1) is 18.4 Å². The van der Waals surface area contributed by atoms with Gasteiger partial charge in [-0.15, -0.1) is 0 Å². The summed E-state index contributed by atoms with van der Waals surface area (Å²) in [6.45, 7) is 1.83. The minimum atomic E-state index is -0.279. The molecule has 4 nitrogen and oxygen atoms in total. The second kappa shape index (κ2) is 4.94. The number of esters is 1. The Bertz CT molecular complexity index is 572. The minimum absolute atomic E-state index is 0.170. The van der Waals surface area contributed by atoms with Crippen LogP contribution in [-0.2, 0) is 16.0 Å². The number of carbonyl (C=O) groups is 1. The molecule has 1 aliphatic carbocycles. The first kappa shape index (κ1) is 13.2. The lowest BCUT2D eigenvalue weighted by Gasteiger charge is -2.42. The topological polar surface area (TPSA) is 64.3 Å². The lowest BCUT2D eigenvalue weighted by molar-refractivity contribution is -0.137. The lowest BCUT2D eigenvalue weighted by Crippen LogP contribution is -2.44. The van der Waals surface area contributed by atoms with Crippen LogP contribution in [0.15, 0.2) is 29.8 Å². The fourth-order valence-electron chi connectivity index (χ4n) is 3.57. The van der Waals surface area contributed by atoms with Gasteiger partial charge in [-0.05, 0) is 37.9 Å². The minimum Gasteiger partial charge on any atom is -0.466 e. The molecule has 3 N–H and O–H groups in total. The van der Waals surface area contributed by atoms with E-state index in [0.717, 1.165) is 37.9 Å². The Morgan fingerprint density at radius 1 is 1.30 bits per heavy atom. The number of ether oxygens (including phenoxy) is 1. The molecular formula is C16H20N2O2. The number of fused-ring (bicyclic) bond motifs is 1. The van der Waals surface area contributed by atoms with E-state index in [1.807, 2.05) is 18.2 Å². The van der Waals surface area contributed by atoms with Crippen molar-refractivity contribution in [3.05, 3.63) is 41.0 Å². The SMILES string of the molecule is COC(=O)C1=C(N)c2ccccc2CC12CCNCC2. The average Bonchev–Trinajstić information content (AvgIpc) is 2.48. The Balaban J connectivity index is 2.17. The van der Waals surface area contributed by atoms with E-state index in [1.165, 1.54) is 12.7 Å². The summed E-state index contributed by atoms with van der Waals surface area (Å²) in [4.78, 5) is 12.3. The largest absolute Gasteiger partial charge is 0.466 e. The van der Waals surface area contributed by atoms with Crippen LogP contribution in [0.25, 0.3) is 5.70 Å². The molecule has 1 fully saturated rings. The van der Waals surface area contributed by atoms with Crippen LogP contribution in [0.3, 0.4) is 0 Å². The van der Waals surface area contributed by atoms with Crippen molar-refractivity contribution in [3.8, 4) is 0 Å². The van der Waals surface area contributed by atoms with Crippen molar-refractivity contribution < 1.29 is 9.53 Å². The summed E-state index contributed by atoms with van der Waals surface area (Å²) in [5.74, 6) is -0.279. The van der Waals surface area contributed by atoms with Crippen molar-refractivity contribution in [2.75, 3.05) is 20.2 Å². The van der Waals surface area contributed by atoms with Gasteiger partial charge in [-0.25, -0.2) is 4.79 Å². The smallest absolute Gasteiger partial charge is 0.336 e. The number of hydrogen-bond acceptors (Lipinski definition) is 4. The third kappa shape index (κ3) is 1.91. The summed E-state index contributed by atoms with van der Waals surface area (Å²) in [6, 6.07) is 8.09. The zero-order chi connectivity index (χ0) is 14.2. The number of methoxy groups -OCH3 is 1. The van der Waals surface area contributed by atoms with E-state index in [9.17, 15) is 4.79 Å². The Kier molecular flexibility index (Phi) is 3.26. The van der Waals surface area contributed by atoms with Crippen molar-refractivity contribution in [1.29, 1.82) is 0 Å². The monoisotopic (exact) mass is 272 g/mol. The third-order valence-corrected chi connectivity index (χ3v) is 4.59. The van der Waals surface area contributed by atoms with Crippen molar-refractivity contribution in [2.24, 2.45) is 11.1 Å². The zero-order valence-electron chi connectivity index (χ0n) is 11.7. The van der Waals surface area contributed by atoms with Crippen LogP contribution in [-0.4, -0.2) is 26.2 Å². The molecule has 20 heavy (non-hydrogen) atoms. The van der Waals surface area contributed by atoms with Gasteiger partial charge in [0, 0.05) is 11.0 Å². The van der Waals surface area contributed by atoms with Gasteiger partial charge in [0.2, 0.25) is 0 Å². The predicted octanol–water partition coefficient (Wildman–Crippen LogP) is 1.46.